The first kappa shape index (κ1) is 14.0. The Morgan fingerprint density at radius 3 is 2.53 bits per heavy atom. The number of hydrogen-bond donors (Lipinski definition) is 1. The van der Waals surface area contributed by atoms with Crippen molar-refractivity contribution < 1.29 is 4.74 Å². The van der Waals surface area contributed by atoms with Crippen molar-refractivity contribution in [1.29, 1.82) is 0 Å². The first-order valence-corrected chi connectivity index (χ1v) is 6.49. The van der Waals surface area contributed by atoms with Gasteiger partial charge in [-0.15, -0.1) is 0 Å². The summed E-state index contributed by atoms with van der Waals surface area (Å²) in [6.07, 6.45) is 1.08. The molecule has 2 heteroatoms. The average molecular weight is 235 g/mol. The zero-order valence-electron chi connectivity index (χ0n) is 11.7. The summed E-state index contributed by atoms with van der Waals surface area (Å²) in [5, 5.41) is 3.26. The Morgan fingerprint density at radius 1 is 1.29 bits per heavy atom. The van der Waals surface area contributed by atoms with E-state index in [9.17, 15) is 0 Å². The van der Waals surface area contributed by atoms with E-state index in [1.54, 1.807) is 0 Å². The van der Waals surface area contributed by atoms with Crippen LogP contribution in [0.2, 0.25) is 0 Å². The quantitative estimate of drug-likeness (QED) is 0.815. The second-order valence-corrected chi connectivity index (χ2v) is 4.90. The predicted molar refractivity (Wildman–Crippen MR) is 73.9 cm³/mol. The highest BCUT2D eigenvalue weighted by Crippen LogP contribution is 2.27. The average Bonchev–Trinajstić information content (AvgIpc) is 2.30. The van der Waals surface area contributed by atoms with Gasteiger partial charge in [-0.2, -0.15) is 0 Å². The van der Waals surface area contributed by atoms with E-state index in [0.717, 1.165) is 18.8 Å². The molecule has 1 aromatic rings. The number of ether oxygens (including phenoxy) is 1. The summed E-state index contributed by atoms with van der Waals surface area (Å²) in [7, 11) is 1.98. The van der Waals surface area contributed by atoms with E-state index in [2.05, 4.69) is 51.2 Å². The number of aryl methyl sites for hydroxylation is 1. The van der Waals surface area contributed by atoms with Crippen molar-refractivity contribution in [1.82, 2.24) is 5.32 Å². The molecule has 0 aliphatic carbocycles. The molecule has 0 radical (unpaired) electrons. The smallest absolute Gasteiger partial charge is 0.123 e. The SMILES string of the molecule is CCC(COc1cc(C)ccc1C(C)C)NC. The largest absolute Gasteiger partial charge is 0.492 e. The standard InChI is InChI=1S/C15H25NO/c1-6-13(16-5)10-17-15-9-12(4)7-8-14(15)11(2)3/h7-9,11,13,16H,6,10H2,1-5H3. The number of nitrogens with one attached hydrogen (secondary N) is 1. The molecule has 0 heterocycles. The van der Waals surface area contributed by atoms with Crippen molar-refractivity contribution in [2.75, 3.05) is 13.7 Å². The van der Waals surface area contributed by atoms with Crippen LogP contribution in [0.3, 0.4) is 0 Å². The minimum atomic E-state index is 0.426. The molecule has 0 aliphatic rings. The predicted octanol–water partition coefficient (Wildman–Crippen LogP) is 3.50. The molecule has 0 aliphatic heterocycles. The summed E-state index contributed by atoms with van der Waals surface area (Å²) >= 11 is 0. The van der Waals surface area contributed by atoms with Crippen LogP contribution in [0.5, 0.6) is 5.75 Å². The lowest BCUT2D eigenvalue weighted by Crippen LogP contribution is -2.31. The number of likely N-dealkylation sites (N-methyl/N-ethyl adjacent to an activating group) is 1. The third-order valence-electron chi connectivity index (χ3n) is 3.13. The van der Waals surface area contributed by atoms with Crippen molar-refractivity contribution in [2.45, 2.75) is 46.1 Å². The molecular formula is C15H25NO. The van der Waals surface area contributed by atoms with Gasteiger partial charge in [-0.3, -0.25) is 0 Å². The van der Waals surface area contributed by atoms with Crippen LogP contribution in [-0.2, 0) is 0 Å². The van der Waals surface area contributed by atoms with Crippen LogP contribution in [-0.4, -0.2) is 19.7 Å². The topological polar surface area (TPSA) is 21.3 Å². The van der Waals surface area contributed by atoms with Crippen molar-refractivity contribution in [2.24, 2.45) is 0 Å². The van der Waals surface area contributed by atoms with E-state index in [1.165, 1.54) is 11.1 Å². The first-order chi connectivity index (χ1) is 8.08. The minimum absolute atomic E-state index is 0.426. The zero-order chi connectivity index (χ0) is 12.8. The van der Waals surface area contributed by atoms with Gasteiger partial charge in [0.15, 0.2) is 0 Å². The second kappa shape index (κ2) is 6.65. The van der Waals surface area contributed by atoms with E-state index in [1.807, 2.05) is 7.05 Å². The summed E-state index contributed by atoms with van der Waals surface area (Å²) in [6.45, 7) is 9.41. The Kier molecular flexibility index (Phi) is 5.49. The highest BCUT2D eigenvalue weighted by atomic mass is 16.5. The highest BCUT2D eigenvalue weighted by Gasteiger charge is 2.10. The molecule has 1 atom stereocenters. The molecule has 17 heavy (non-hydrogen) atoms. The number of hydrogen-bond acceptors (Lipinski definition) is 2. The summed E-state index contributed by atoms with van der Waals surface area (Å²) in [5.41, 5.74) is 2.54. The zero-order valence-corrected chi connectivity index (χ0v) is 11.7. The molecule has 0 bridgehead atoms. The molecule has 0 spiro atoms. The van der Waals surface area contributed by atoms with Crippen LogP contribution < -0.4 is 10.1 Å². The number of rotatable bonds is 6. The van der Waals surface area contributed by atoms with Gasteiger partial charge in [-0.1, -0.05) is 32.9 Å². The molecule has 0 amide bonds. The van der Waals surface area contributed by atoms with Gasteiger partial charge in [0, 0.05) is 6.04 Å². The summed E-state index contributed by atoms with van der Waals surface area (Å²) in [4.78, 5) is 0. The lowest BCUT2D eigenvalue weighted by Gasteiger charge is -2.19. The van der Waals surface area contributed by atoms with Gasteiger partial charge in [-0.05, 0) is 43.5 Å². The van der Waals surface area contributed by atoms with Crippen LogP contribution in [0, 0.1) is 6.92 Å². The summed E-state index contributed by atoms with van der Waals surface area (Å²) < 4.78 is 5.96. The minimum Gasteiger partial charge on any atom is -0.492 e. The lowest BCUT2D eigenvalue weighted by molar-refractivity contribution is 0.264. The molecule has 1 N–H and O–H groups in total. The van der Waals surface area contributed by atoms with Crippen LogP contribution in [0.4, 0.5) is 0 Å². The molecule has 1 unspecified atom stereocenters. The third-order valence-corrected chi connectivity index (χ3v) is 3.13. The molecule has 0 saturated heterocycles. The fraction of sp³-hybridized carbons (Fsp3) is 0.600. The molecule has 0 aromatic heterocycles. The van der Waals surface area contributed by atoms with Gasteiger partial charge in [0.1, 0.15) is 12.4 Å². The van der Waals surface area contributed by atoms with Crippen LogP contribution >= 0.6 is 0 Å². The maximum absolute atomic E-state index is 5.96. The molecule has 1 aromatic carbocycles. The summed E-state index contributed by atoms with van der Waals surface area (Å²) in [5.74, 6) is 1.54. The third kappa shape index (κ3) is 4.04. The molecule has 0 fully saturated rings. The van der Waals surface area contributed by atoms with E-state index in [4.69, 9.17) is 4.74 Å². The molecular weight excluding hydrogens is 210 g/mol. The van der Waals surface area contributed by atoms with Gasteiger partial charge in [0.25, 0.3) is 0 Å². The second-order valence-electron chi connectivity index (χ2n) is 4.90. The highest BCUT2D eigenvalue weighted by molar-refractivity contribution is 5.39. The van der Waals surface area contributed by atoms with Gasteiger partial charge < -0.3 is 10.1 Å². The van der Waals surface area contributed by atoms with E-state index >= 15 is 0 Å². The van der Waals surface area contributed by atoms with Crippen LogP contribution in [0.15, 0.2) is 18.2 Å². The maximum Gasteiger partial charge on any atom is 0.123 e. The van der Waals surface area contributed by atoms with Crippen molar-refractivity contribution in [3.63, 3.8) is 0 Å². The van der Waals surface area contributed by atoms with E-state index in [-0.39, 0.29) is 0 Å². The van der Waals surface area contributed by atoms with Crippen molar-refractivity contribution >= 4 is 0 Å². The maximum atomic E-state index is 5.96. The monoisotopic (exact) mass is 235 g/mol. The van der Waals surface area contributed by atoms with Crippen molar-refractivity contribution in [3.05, 3.63) is 29.3 Å². The Morgan fingerprint density at radius 2 is 2.00 bits per heavy atom. The molecule has 2 nitrogen and oxygen atoms in total. The molecule has 0 saturated carbocycles. The van der Waals surface area contributed by atoms with E-state index < -0.39 is 0 Å². The lowest BCUT2D eigenvalue weighted by atomic mass is 10.0. The normalized spacial score (nSPS) is 12.8. The molecule has 96 valence electrons. The van der Waals surface area contributed by atoms with Crippen LogP contribution in [0.1, 0.15) is 44.2 Å². The Balaban J connectivity index is 2.78. The van der Waals surface area contributed by atoms with Gasteiger partial charge in [0.2, 0.25) is 0 Å². The van der Waals surface area contributed by atoms with Gasteiger partial charge in [0.05, 0.1) is 0 Å². The van der Waals surface area contributed by atoms with Gasteiger partial charge in [-0.25, -0.2) is 0 Å². The van der Waals surface area contributed by atoms with Gasteiger partial charge >= 0.3 is 0 Å². The Labute approximate surface area is 105 Å². The molecule has 1 rings (SSSR count). The Hall–Kier alpha value is -1.02. The first-order valence-electron chi connectivity index (χ1n) is 6.49. The van der Waals surface area contributed by atoms with E-state index in [0.29, 0.717) is 12.0 Å². The fourth-order valence-electron chi connectivity index (χ4n) is 1.84. The van der Waals surface area contributed by atoms with Crippen molar-refractivity contribution in [3.8, 4) is 5.75 Å². The number of benzene rings is 1. The van der Waals surface area contributed by atoms with Crippen LogP contribution in [0.25, 0.3) is 0 Å². The Bertz CT molecular complexity index is 343. The summed E-state index contributed by atoms with van der Waals surface area (Å²) in [6, 6.07) is 6.89. The fourth-order valence-corrected chi connectivity index (χ4v) is 1.84.